The average Bonchev–Trinajstić information content (AvgIpc) is 2.80. The Labute approximate surface area is 118 Å². The summed E-state index contributed by atoms with van der Waals surface area (Å²) in [5.41, 5.74) is 10.7. The standard InChI is InChI=1S/C15H17N3S/c16-15(19)18-17-14(8-4-2-1-3-5-8)12-9-6-10-11(7-9)13(10)12/h1-5,9-13H,6-7H2,(H3,16,18,19)/b17-14+/t9?,10-,11-,12-,13?/m1/s1. The van der Waals surface area contributed by atoms with Gasteiger partial charge in [-0.2, -0.15) is 5.10 Å². The summed E-state index contributed by atoms with van der Waals surface area (Å²) in [5, 5.41) is 4.77. The first kappa shape index (κ1) is 11.4. The van der Waals surface area contributed by atoms with Gasteiger partial charge >= 0.3 is 0 Å². The number of rotatable bonds is 3. The van der Waals surface area contributed by atoms with Gasteiger partial charge in [0.2, 0.25) is 0 Å². The Balaban J connectivity index is 1.69. The highest BCUT2D eigenvalue weighted by atomic mass is 32.1. The molecule has 19 heavy (non-hydrogen) atoms. The lowest BCUT2D eigenvalue weighted by atomic mass is 9.89. The molecule has 0 heterocycles. The summed E-state index contributed by atoms with van der Waals surface area (Å²) in [5.74, 6) is 4.27. The molecule has 1 aromatic rings. The molecule has 4 saturated carbocycles. The quantitative estimate of drug-likeness (QED) is 0.503. The molecule has 4 fully saturated rings. The molecule has 0 amide bonds. The van der Waals surface area contributed by atoms with Crippen LogP contribution in [0.2, 0.25) is 0 Å². The van der Waals surface area contributed by atoms with E-state index in [1.165, 1.54) is 18.4 Å². The first-order valence-electron chi connectivity index (χ1n) is 6.94. The van der Waals surface area contributed by atoms with Crippen LogP contribution in [0, 0.1) is 29.6 Å². The minimum Gasteiger partial charge on any atom is -0.375 e. The van der Waals surface area contributed by atoms with Gasteiger partial charge in [-0.15, -0.1) is 0 Å². The van der Waals surface area contributed by atoms with E-state index in [9.17, 15) is 0 Å². The van der Waals surface area contributed by atoms with Gasteiger partial charge in [0.05, 0.1) is 5.71 Å². The molecule has 3 nitrogen and oxygen atoms in total. The van der Waals surface area contributed by atoms with Crippen LogP contribution in [0.4, 0.5) is 0 Å². The molecule has 4 aliphatic rings. The van der Waals surface area contributed by atoms with E-state index in [0.717, 1.165) is 29.4 Å². The van der Waals surface area contributed by atoms with Crippen molar-refractivity contribution in [2.75, 3.05) is 0 Å². The second kappa shape index (κ2) is 4.04. The predicted molar refractivity (Wildman–Crippen MR) is 79.6 cm³/mol. The van der Waals surface area contributed by atoms with Crippen molar-refractivity contribution in [1.29, 1.82) is 0 Å². The molecule has 0 saturated heterocycles. The summed E-state index contributed by atoms with van der Waals surface area (Å²) in [6.45, 7) is 0. The molecular weight excluding hydrogens is 254 g/mol. The summed E-state index contributed by atoms with van der Waals surface area (Å²) >= 11 is 4.88. The highest BCUT2D eigenvalue weighted by Crippen LogP contribution is 2.73. The SMILES string of the molecule is NC(=S)N/N=C(\c1ccccc1)[C@@H]1C2C[C@H]3C1[C@@H]3C2. The Morgan fingerprint density at radius 1 is 1.21 bits per heavy atom. The van der Waals surface area contributed by atoms with Crippen LogP contribution in [0.3, 0.4) is 0 Å². The van der Waals surface area contributed by atoms with Crippen molar-refractivity contribution >= 4 is 23.0 Å². The molecular formula is C15H17N3S. The summed E-state index contributed by atoms with van der Waals surface area (Å²) in [6, 6.07) is 10.4. The smallest absolute Gasteiger partial charge is 0.184 e. The number of benzene rings is 1. The van der Waals surface area contributed by atoms with E-state index in [2.05, 4.69) is 34.8 Å². The van der Waals surface area contributed by atoms with Crippen molar-refractivity contribution in [1.82, 2.24) is 5.43 Å². The van der Waals surface area contributed by atoms with Crippen molar-refractivity contribution in [2.45, 2.75) is 12.8 Å². The molecule has 3 atom stereocenters. The van der Waals surface area contributed by atoms with Gasteiger partial charge in [-0.05, 0) is 54.3 Å². The van der Waals surface area contributed by atoms with Crippen LogP contribution in [0.1, 0.15) is 18.4 Å². The van der Waals surface area contributed by atoms with Crippen molar-refractivity contribution in [3.63, 3.8) is 0 Å². The minimum atomic E-state index is 0.242. The Kier molecular flexibility index (Phi) is 2.42. The zero-order valence-corrected chi connectivity index (χ0v) is 11.4. The van der Waals surface area contributed by atoms with Crippen LogP contribution in [0.5, 0.6) is 0 Å². The van der Waals surface area contributed by atoms with Crippen LogP contribution in [0.25, 0.3) is 0 Å². The van der Waals surface area contributed by atoms with Gasteiger partial charge < -0.3 is 5.73 Å². The highest BCUT2D eigenvalue weighted by Gasteiger charge is 2.69. The Bertz CT molecular complexity index is 540. The predicted octanol–water partition coefficient (Wildman–Crippen LogP) is 2.13. The van der Waals surface area contributed by atoms with E-state index >= 15 is 0 Å². The lowest BCUT2D eigenvalue weighted by Crippen LogP contribution is -2.29. The van der Waals surface area contributed by atoms with Crippen LogP contribution >= 0.6 is 12.2 Å². The van der Waals surface area contributed by atoms with Gasteiger partial charge in [-0.3, -0.25) is 5.43 Å². The molecule has 0 aromatic heterocycles. The summed E-state index contributed by atoms with van der Waals surface area (Å²) in [4.78, 5) is 0. The van der Waals surface area contributed by atoms with E-state index in [1.54, 1.807) is 0 Å². The minimum absolute atomic E-state index is 0.242. The molecule has 4 aliphatic carbocycles. The van der Waals surface area contributed by atoms with E-state index < -0.39 is 0 Å². The molecule has 3 N–H and O–H groups in total. The lowest BCUT2D eigenvalue weighted by molar-refractivity contribution is 0.523. The summed E-state index contributed by atoms with van der Waals surface area (Å²) in [7, 11) is 0. The molecule has 0 radical (unpaired) electrons. The van der Waals surface area contributed by atoms with E-state index in [0.29, 0.717) is 5.92 Å². The topological polar surface area (TPSA) is 50.4 Å². The molecule has 1 aromatic carbocycles. The van der Waals surface area contributed by atoms with Gasteiger partial charge in [0, 0.05) is 5.92 Å². The molecule has 5 rings (SSSR count). The average molecular weight is 271 g/mol. The fourth-order valence-corrected chi connectivity index (χ4v) is 4.58. The maximum Gasteiger partial charge on any atom is 0.184 e. The van der Waals surface area contributed by atoms with E-state index in [1.807, 2.05) is 6.07 Å². The number of nitrogens with one attached hydrogen (secondary N) is 1. The van der Waals surface area contributed by atoms with E-state index in [4.69, 9.17) is 18.0 Å². The molecule has 4 bridgehead atoms. The number of hydrazone groups is 1. The van der Waals surface area contributed by atoms with Crippen molar-refractivity contribution in [3.8, 4) is 0 Å². The third kappa shape index (κ3) is 1.70. The summed E-state index contributed by atoms with van der Waals surface area (Å²) in [6.07, 6.45) is 2.80. The monoisotopic (exact) mass is 271 g/mol. The number of nitrogens with zero attached hydrogens (tertiary/aromatic N) is 1. The Morgan fingerprint density at radius 3 is 2.42 bits per heavy atom. The Hall–Kier alpha value is -1.42. The molecule has 0 unspecified atom stereocenters. The normalized spacial score (nSPS) is 38.3. The zero-order valence-electron chi connectivity index (χ0n) is 10.6. The zero-order chi connectivity index (χ0) is 13.0. The maximum absolute atomic E-state index is 5.52. The molecule has 0 aliphatic heterocycles. The number of hydrogen-bond donors (Lipinski definition) is 2. The molecule has 4 heteroatoms. The largest absolute Gasteiger partial charge is 0.375 e. The van der Waals surface area contributed by atoms with Crippen LogP contribution < -0.4 is 11.2 Å². The van der Waals surface area contributed by atoms with Gasteiger partial charge in [-0.25, -0.2) is 0 Å². The van der Waals surface area contributed by atoms with Gasteiger partial charge in [-0.1, -0.05) is 30.3 Å². The third-order valence-electron chi connectivity index (χ3n) is 5.14. The fraction of sp³-hybridized carbons (Fsp3) is 0.467. The molecule has 0 spiro atoms. The van der Waals surface area contributed by atoms with Crippen LogP contribution in [-0.4, -0.2) is 10.8 Å². The van der Waals surface area contributed by atoms with Crippen molar-refractivity contribution in [3.05, 3.63) is 35.9 Å². The van der Waals surface area contributed by atoms with E-state index in [-0.39, 0.29) is 5.11 Å². The second-order valence-electron chi connectivity index (χ2n) is 6.00. The first-order valence-corrected chi connectivity index (χ1v) is 7.35. The van der Waals surface area contributed by atoms with Crippen molar-refractivity contribution < 1.29 is 0 Å². The maximum atomic E-state index is 5.52. The van der Waals surface area contributed by atoms with Gasteiger partial charge in [0.25, 0.3) is 0 Å². The van der Waals surface area contributed by atoms with Crippen LogP contribution in [-0.2, 0) is 0 Å². The van der Waals surface area contributed by atoms with Crippen LogP contribution in [0.15, 0.2) is 35.4 Å². The van der Waals surface area contributed by atoms with Crippen molar-refractivity contribution in [2.24, 2.45) is 40.4 Å². The second-order valence-corrected chi connectivity index (χ2v) is 6.44. The highest BCUT2D eigenvalue weighted by molar-refractivity contribution is 7.80. The first-order chi connectivity index (χ1) is 9.25. The molecule has 98 valence electrons. The third-order valence-corrected chi connectivity index (χ3v) is 5.23. The fourth-order valence-electron chi connectivity index (χ4n) is 4.54. The van der Waals surface area contributed by atoms with Gasteiger partial charge in [0.1, 0.15) is 0 Å². The number of hydrogen-bond acceptors (Lipinski definition) is 2. The van der Waals surface area contributed by atoms with Gasteiger partial charge in [0.15, 0.2) is 5.11 Å². The lowest BCUT2D eigenvalue weighted by Gasteiger charge is -2.18. The Morgan fingerprint density at radius 2 is 1.89 bits per heavy atom. The number of thiocarbonyl (C=S) groups is 1. The summed E-state index contributed by atoms with van der Waals surface area (Å²) < 4.78 is 0. The number of nitrogens with two attached hydrogens (primary N) is 1.